The van der Waals surface area contributed by atoms with Crippen molar-refractivity contribution in [1.82, 2.24) is 14.5 Å². The largest absolute Gasteiger partial charge is 0.462 e. The number of nitrogens with two attached hydrogens (primary N) is 1. The minimum Gasteiger partial charge on any atom is -0.462 e. The summed E-state index contributed by atoms with van der Waals surface area (Å²) >= 11 is 5.97. The zero-order chi connectivity index (χ0) is 21.9. The van der Waals surface area contributed by atoms with Gasteiger partial charge < -0.3 is 24.5 Å². The number of fused-ring (bicyclic) bond motifs is 1. The number of hydrogen-bond donors (Lipinski definition) is 1. The number of carbonyl (C=O) groups is 2. The van der Waals surface area contributed by atoms with Crippen LogP contribution in [0.4, 0.5) is 5.82 Å². The molecule has 0 aliphatic carbocycles. The molecule has 0 spiro atoms. The number of anilines is 1. The maximum Gasteiger partial charge on any atom is 0.305 e. The fourth-order valence-corrected chi connectivity index (χ4v) is 3.79. The number of nitrogens with zero attached hydrogens (tertiary/aromatic N) is 3. The highest BCUT2D eigenvalue weighted by molar-refractivity contribution is 6.28. The van der Waals surface area contributed by atoms with E-state index in [9.17, 15) is 9.59 Å². The van der Waals surface area contributed by atoms with Crippen molar-refractivity contribution in [2.24, 2.45) is 0 Å². The van der Waals surface area contributed by atoms with E-state index in [0.29, 0.717) is 23.9 Å². The van der Waals surface area contributed by atoms with E-state index >= 15 is 0 Å². The van der Waals surface area contributed by atoms with Gasteiger partial charge in [0.15, 0.2) is 0 Å². The number of ether oxygens (including phenoxy) is 3. The van der Waals surface area contributed by atoms with E-state index in [1.807, 2.05) is 0 Å². The summed E-state index contributed by atoms with van der Waals surface area (Å²) in [5.41, 5.74) is 5.44. The Bertz CT molecular complexity index is 933. The van der Waals surface area contributed by atoms with Crippen LogP contribution in [0.25, 0.3) is 11.0 Å². The van der Waals surface area contributed by atoms with E-state index in [4.69, 9.17) is 31.5 Å². The normalized spacial score (nSPS) is 23.6. The SMILES string of the molecule is CCCCCC(=O)OC[C@@]1(C)O[C@@H](n2ccc3c(N)nc(Cl)nc32)C[C@@H]1OC(C)=O. The van der Waals surface area contributed by atoms with Gasteiger partial charge in [0.05, 0.1) is 5.39 Å². The van der Waals surface area contributed by atoms with Gasteiger partial charge in [0.2, 0.25) is 5.28 Å². The molecule has 0 radical (unpaired) electrons. The van der Waals surface area contributed by atoms with Crippen molar-refractivity contribution >= 4 is 40.4 Å². The van der Waals surface area contributed by atoms with Crippen molar-refractivity contribution in [3.63, 3.8) is 0 Å². The number of unbranched alkanes of at least 4 members (excludes halogenated alkanes) is 2. The molecule has 0 unspecified atom stereocenters. The fraction of sp³-hybridized carbons (Fsp3) is 0.600. The van der Waals surface area contributed by atoms with Crippen molar-refractivity contribution in [1.29, 1.82) is 0 Å². The van der Waals surface area contributed by atoms with Crippen LogP contribution in [0.2, 0.25) is 5.28 Å². The Morgan fingerprint density at radius 2 is 2.17 bits per heavy atom. The van der Waals surface area contributed by atoms with E-state index in [2.05, 4.69) is 16.9 Å². The van der Waals surface area contributed by atoms with Crippen LogP contribution in [0.1, 0.15) is 59.1 Å². The lowest BCUT2D eigenvalue weighted by Crippen LogP contribution is -2.43. The van der Waals surface area contributed by atoms with Crippen molar-refractivity contribution in [3.05, 3.63) is 17.5 Å². The molecule has 2 aromatic rings. The van der Waals surface area contributed by atoms with Crippen LogP contribution in [-0.4, -0.2) is 44.8 Å². The van der Waals surface area contributed by atoms with E-state index in [0.717, 1.165) is 19.3 Å². The van der Waals surface area contributed by atoms with Crippen LogP contribution >= 0.6 is 11.6 Å². The quantitative estimate of drug-likeness (QED) is 0.378. The highest BCUT2D eigenvalue weighted by atomic mass is 35.5. The molecule has 1 aliphatic heterocycles. The molecule has 9 nitrogen and oxygen atoms in total. The average Bonchev–Trinajstić information content (AvgIpc) is 3.22. The van der Waals surface area contributed by atoms with Gasteiger partial charge in [0, 0.05) is 26.0 Å². The van der Waals surface area contributed by atoms with Gasteiger partial charge in [-0.25, -0.2) is 4.98 Å². The summed E-state index contributed by atoms with van der Waals surface area (Å²) in [6.07, 6.45) is 4.13. The fourth-order valence-electron chi connectivity index (χ4n) is 3.61. The first-order chi connectivity index (χ1) is 14.2. The third kappa shape index (κ3) is 4.84. The Morgan fingerprint density at radius 3 is 2.87 bits per heavy atom. The summed E-state index contributed by atoms with van der Waals surface area (Å²) < 4.78 is 18.9. The predicted molar refractivity (Wildman–Crippen MR) is 111 cm³/mol. The van der Waals surface area contributed by atoms with Gasteiger partial charge in [-0.15, -0.1) is 0 Å². The second kappa shape index (κ2) is 9.18. The number of hydrogen-bond acceptors (Lipinski definition) is 8. The van der Waals surface area contributed by atoms with Gasteiger partial charge in [-0.1, -0.05) is 19.8 Å². The molecular weight excluding hydrogens is 412 g/mol. The summed E-state index contributed by atoms with van der Waals surface area (Å²) in [4.78, 5) is 31.9. The first-order valence-corrected chi connectivity index (χ1v) is 10.4. The van der Waals surface area contributed by atoms with E-state index in [-0.39, 0.29) is 23.7 Å². The van der Waals surface area contributed by atoms with Crippen molar-refractivity contribution in [3.8, 4) is 0 Å². The number of rotatable bonds is 8. The van der Waals surface area contributed by atoms with Crippen LogP contribution in [0.15, 0.2) is 12.3 Å². The molecular formula is C20H27ClN4O5. The monoisotopic (exact) mass is 438 g/mol. The topological polar surface area (TPSA) is 119 Å². The smallest absolute Gasteiger partial charge is 0.305 e. The molecule has 1 fully saturated rings. The number of aromatic nitrogens is 3. The molecule has 30 heavy (non-hydrogen) atoms. The maximum atomic E-state index is 12.1. The average molecular weight is 439 g/mol. The van der Waals surface area contributed by atoms with Gasteiger partial charge in [-0.3, -0.25) is 9.59 Å². The van der Waals surface area contributed by atoms with Gasteiger partial charge in [-0.05, 0) is 31.0 Å². The lowest BCUT2D eigenvalue weighted by Gasteiger charge is -2.29. The Morgan fingerprint density at radius 1 is 1.40 bits per heavy atom. The molecule has 1 saturated heterocycles. The summed E-state index contributed by atoms with van der Waals surface area (Å²) in [5, 5.41) is 0.668. The molecule has 3 rings (SSSR count). The molecule has 1 aliphatic rings. The Hall–Kier alpha value is -2.39. The van der Waals surface area contributed by atoms with E-state index in [1.54, 1.807) is 23.8 Å². The van der Waals surface area contributed by atoms with Crippen LogP contribution in [-0.2, 0) is 23.8 Å². The van der Waals surface area contributed by atoms with Gasteiger partial charge in [0.25, 0.3) is 0 Å². The summed E-state index contributed by atoms with van der Waals surface area (Å²) in [6.45, 7) is 5.15. The zero-order valence-electron chi connectivity index (χ0n) is 17.4. The predicted octanol–water partition coefficient (Wildman–Crippen LogP) is 3.40. The zero-order valence-corrected chi connectivity index (χ0v) is 18.1. The molecule has 10 heteroatoms. The van der Waals surface area contributed by atoms with Gasteiger partial charge in [-0.2, -0.15) is 4.98 Å². The van der Waals surface area contributed by atoms with Crippen molar-refractivity contribution in [2.75, 3.05) is 12.3 Å². The number of halogens is 1. The highest BCUT2D eigenvalue weighted by Gasteiger charge is 2.49. The summed E-state index contributed by atoms with van der Waals surface area (Å²) in [7, 11) is 0. The first-order valence-electron chi connectivity index (χ1n) is 10.0. The lowest BCUT2D eigenvalue weighted by atomic mass is 10.00. The van der Waals surface area contributed by atoms with Crippen LogP contribution in [0.5, 0.6) is 0 Å². The van der Waals surface area contributed by atoms with Crippen molar-refractivity contribution in [2.45, 2.75) is 70.8 Å². The molecule has 0 aromatic carbocycles. The molecule has 164 valence electrons. The number of carbonyl (C=O) groups excluding carboxylic acids is 2. The third-order valence-electron chi connectivity index (χ3n) is 5.20. The van der Waals surface area contributed by atoms with E-state index in [1.165, 1.54) is 6.92 Å². The van der Waals surface area contributed by atoms with Crippen LogP contribution in [0.3, 0.4) is 0 Å². The van der Waals surface area contributed by atoms with E-state index < -0.39 is 23.9 Å². The van der Waals surface area contributed by atoms with Crippen LogP contribution in [0, 0.1) is 0 Å². The number of nitrogen functional groups attached to an aromatic ring is 1. The van der Waals surface area contributed by atoms with Gasteiger partial charge in [0.1, 0.15) is 36.0 Å². The molecule has 3 atom stereocenters. The molecule has 2 aromatic heterocycles. The van der Waals surface area contributed by atoms with Crippen LogP contribution < -0.4 is 5.73 Å². The number of esters is 2. The molecule has 2 N–H and O–H groups in total. The molecule has 0 bridgehead atoms. The van der Waals surface area contributed by atoms with Crippen molar-refractivity contribution < 1.29 is 23.8 Å². The Balaban J connectivity index is 1.79. The maximum absolute atomic E-state index is 12.1. The highest BCUT2D eigenvalue weighted by Crippen LogP contribution is 2.40. The first kappa shape index (κ1) is 22.3. The second-order valence-electron chi connectivity index (χ2n) is 7.67. The minimum atomic E-state index is -1.00. The third-order valence-corrected chi connectivity index (χ3v) is 5.37. The standard InChI is InChI=1S/C20H27ClN4O5/c1-4-5-6-7-16(27)28-11-20(3)14(29-12(2)26)10-15(30-20)25-9-8-13-17(22)23-19(21)24-18(13)25/h8-9,14-15H,4-7,10-11H2,1-3H3,(H2,22,23,24)/t14-,15+,20+/m0/s1. The van der Waals surface area contributed by atoms with Gasteiger partial charge >= 0.3 is 11.9 Å². The molecule has 3 heterocycles. The lowest BCUT2D eigenvalue weighted by molar-refractivity contribution is -0.172. The Labute approximate surface area is 179 Å². The molecule has 0 saturated carbocycles. The minimum absolute atomic E-state index is 0.0243. The summed E-state index contributed by atoms with van der Waals surface area (Å²) in [5.74, 6) is -0.462. The molecule has 0 amide bonds. The summed E-state index contributed by atoms with van der Waals surface area (Å²) in [6, 6.07) is 1.77. The Kier molecular flexibility index (Phi) is 6.82. The second-order valence-corrected chi connectivity index (χ2v) is 8.01.